The first-order chi connectivity index (χ1) is 3.30. The number of rotatable bonds is 0. The van der Waals surface area contributed by atoms with Gasteiger partial charge < -0.3 is 0 Å². The third-order valence-corrected chi connectivity index (χ3v) is 3.51. The Hall–Kier alpha value is -0.373. The van der Waals surface area contributed by atoms with E-state index < -0.39 is 8.80 Å². The molecular formula is C5H9NSi. The van der Waals surface area contributed by atoms with Crippen molar-refractivity contribution in [3.8, 4) is 0 Å². The Morgan fingerprint density at radius 3 is 2.57 bits per heavy atom. The van der Waals surface area contributed by atoms with E-state index in [2.05, 4.69) is 24.3 Å². The summed E-state index contributed by atoms with van der Waals surface area (Å²) in [5, 5.41) is 1.50. The summed E-state index contributed by atoms with van der Waals surface area (Å²) in [7, 11) is -0.574. The van der Waals surface area contributed by atoms with Gasteiger partial charge in [-0.05, 0) is 12.8 Å². The molecule has 1 atom stereocenters. The molecule has 1 heterocycles. The molecule has 0 saturated carbocycles. The summed E-state index contributed by atoms with van der Waals surface area (Å²) in [5.41, 5.74) is 0. The van der Waals surface area contributed by atoms with Gasteiger partial charge in [-0.2, -0.15) is 0 Å². The zero-order valence-corrected chi connectivity index (χ0v) is 5.83. The van der Waals surface area contributed by atoms with Crippen LogP contribution in [-0.2, 0) is 0 Å². The summed E-state index contributed by atoms with van der Waals surface area (Å²) < 4.78 is 0. The van der Waals surface area contributed by atoms with Gasteiger partial charge in [-0.25, -0.2) is 0 Å². The number of hydrogen-bond donors (Lipinski definition) is 0. The number of aliphatic imine (C=N–C) groups is 1. The summed E-state index contributed by atoms with van der Waals surface area (Å²) in [6.45, 7) is 4.44. The molecule has 0 spiro atoms. The molecule has 2 heteroatoms. The highest BCUT2D eigenvalue weighted by Crippen LogP contribution is 2.02. The minimum Gasteiger partial charge on any atom is -0.274 e. The maximum absolute atomic E-state index is 4.02. The Bertz CT molecular complexity index is 126. The highest BCUT2D eigenvalue weighted by molar-refractivity contribution is 6.90. The van der Waals surface area contributed by atoms with Crippen LogP contribution >= 0.6 is 0 Å². The van der Waals surface area contributed by atoms with Crippen molar-refractivity contribution in [2.24, 2.45) is 4.99 Å². The van der Waals surface area contributed by atoms with Crippen molar-refractivity contribution >= 4 is 14.6 Å². The first kappa shape index (κ1) is 4.78. The van der Waals surface area contributed by atoms with Gasteiger partial charge in [-0.15, -0.1) is 0 Å². The van der Waals surface area contributed by atoms with Gasteiger partial charge in [0, 0.05) is 6.20 Å². The molecule has 1 aliphatic heterocycles. The lowest BCUT2D eigenvalue weighted by Gasteiger charge is -1.91. The van der Waals surface area contributed by atoms with Crippen molar-refractivity contribution in [3.05, 3.63) is 11.4 Å². The van der Waals surface area contributed by atoms with Crippen molar-refractivity contribution in [1.29, 1.82) is 0 Å². The van der Waals surface area contributed by atoms with E-state index in [0.29, 0.717) is 0 Å². The zero-order valence-electron chi connectivity index (χ0n) is 4.68. The quantitative estimate of drug-likeness (QED) is 0.412. The van der Waals surface area contributed by atoms with Gasteiger partial charge >= 0.3 is 0 Å². The molecule has 7 heavy (non-hydrogen) atoms. The molecule has 0 aromatic carbocycles. The van der Waals surface area contributed by atoms with Gasteiger partial charge in [0.2, 0.25) is 0 Å². The molecule has 1 nitrogen and oxygen atoms in total. The first-order valence-corrected chi connectivity index (χ1v) is 4.90. The highest BCUT2D eigenvalue weighted by atomic mass is 28.3. The van der Waals surface area contributed by atoms with Crippen LogP contribution in [-0.4, -0.2) is 14.6 Å². The van der Waals surface area contributed by atoms with Crippen LogP contribution in [0.25, 0.3) is 0 Å². The van der Waals surface area contributed by atoms with Crippen LogP contribution in [0.2, 0.25) is 6.55 Å². The second kappa shape index (κ2) is 1.62. The average molecular weight is 111 g/mol. The SMILES string of the molecule is CC1=CN=C[SiH]1C. The van der Waals surface area contributed by atoms with Gasteiger partial charge in [0.25, 0.3) is 0 Å². The van der Waals surface area contributed by atoms with E-state index in [1.807, 2.05) is 6.20 Å². The van der Waals surface area contributed by atoms with Crippen molar-refractivity contribution in [2.45, 2.75) is 13.5 Å². The fraction of sp³-hybridized carbons (Fsp3) is 0.400. The van der Waals surface area contributed by atoms with Crippen molar-refractivity contribution in [1.82, 2.24) is 0 Å². The molecule has 0 aromatic heterocycles. The summed E-state index contributed by atoms with van der Waals surface area (Å²) in [6, 6.07) is 0. The molecule has 0 radical (unpaired) electrons. The van der Waals surface area contributed by atoms with Gasteiger partial charge in [0.15, 0.2) is 0 Å². The smallest absolute Gasteiger partial charge is 0.110 e. The van der Waals surface area contributed by atoms with E-state index >= 15 is 0 Å². The van der Waals surface area contributed by atoms with Crippen molar-refractivity contribution < 1.29 is 0 Å². The fourth-order valence-electron chi connectivity index (χ4n) is 0.525. The zero-order chi connectivity index (χ0) is 5.28. The third kappa shape index (κ3) is 0.799. The van der Waals surface area contributed by atoms with Gasteiger partial charge in [-0.3, -0.25) is 4.99 Å². The van der Waals surface area contributed by atoms with Crippen LogP contribution < -0.4 is 0 Å². The molecule has 38 valence electrons. The lowest BCUT2D eigenvalue weighted by atomic mass is 10.7. The predicted octanol–water partition coefficient (Wildman–Crippen LogP) is 0.910. The fourth-order valence-corrected chi connectivity index (χ4v) is 1.43. The molecule has 0 saturated heterocycles. The number of nitrogens with zero attached hydrogens (tertiary/aromatic N) is 1. The largest absolute Gasteiger partial charge is 0.274 e. The molecule has 1 unspecified atom stereocenters. The third-order valence-electron chi connectivity index (χ3n) is 1.31. The van der Waals surface area contributed by atoms with Crippen molar-refractivity contribution in [3.63, 3.8) is 0 Å². The van der Waals surface area contributed by atoms with E-state index in [0.717, 1.165) is 0 Å². The van der Waals surface area contributed by atoms with Crippen LogP contribution in [0.3, 0.4) is 0 Å². The average Bonchev–Trinajstić information content (AvgIpc) is 1.91. The Morgan fingerprint density at radius 2 is 2.43 bits per heavy atom. The van der Waals surface area contributed by atoms with Crippen LogP contribution in [0.15, 0.2) is 16.4 Å². The lowest BCUT2D eigenvalue weighted by molar-refractivity contribution is 1.54. The Labute approximate surface area is 45.4 Å². The molecule has 0 N–H and O–H groups in total. The maximum Gasteiger partial charge on any atom is 0.110 e. The minimum atomic E-state index is -0.574. The summed E-state index contributed by atoms with van der Waals surface area (Å²) in [4.78, 5) is 4.02. The topological polar surface area (TPSA) is 12.4 Å². The van der Waals surface area contributed by atoms with E-state index in [1.54, 1.807) is 0 Å². The van der Waals surface area contributed by atoms with Gasteiger partial charge in [0.1, 0.15) is 8.80 Å². The standard InChI is InChI=1S/C5H9NSi/c1-5-3-6-4-7(5)2/h3-4,7H,1-2H3. The predicted molar refractivity (Wildman–Crippen MR) is 35.3 cm³/mol. The lowest BCUT2D eigenvalue weighted by Crippen LogP contribution is -2.06. The van der Waals surface area contributed by atoms with Crippen LogP contribution in [0, 0.1) is 0 Å². The second-order valence-corrected chi connectivity index (χ2v) is 4.75. The van der Waals surface area contributed by atoms with E-state index in [9.17, 15) is 0 Å². The molecule has 0 aliphatic carbocycles. The summed E-state index contributed by atoms with van der Waals surface area (Å²) in [6.07, 6.45) is 1.97. The Morgan fingerprint density at radius 1 is 1.71 bits per heavy atom. The molecule has 0 bridgehead atoms. The van der Waals surface area contributed by atoms with Crippen LogP contribution in [0.4, 0.5) is 0 Å². The number of hydrogen-bond acceptors (Lipinski definition) is 1. The molecule has 1 rings (SSSR count). The molecule has 0 aromatic rings. The molecular weight excluding hydrogens is 102 g/mol. The molecule has 0 amide bonds. The monoisotopic (exact) mass is 111 g/mol. The maximum atomic E-state index is 4.02. The minimum absolute atomic E-state index is 0.574. The van der Waals surface area contributed by atoms with E-state index in [4.69, 9.17) is 0 Å². The van der Waals surface area contributed by atoms with Gasteiger partial charge in [0.05, 0.1) is 0 Å². The second-order valence-electron chi connectivity index (χ2n) is 1.96. The van der Waals surface area contributed by atoms with E-state index in [1.165, 1.54) is 5.20 Å². The van der Waals surface area contributed by atoms with Crippen LogP contribution in [0.1, 0.15) is 6.92 Å². The van der Waals surface area contributed by atoms with Crippen LogP contribution in [0.5, 0.6) is 0 Å². The van der Waals surface area contributed by atoms with E-state index in [-0.39, 0.29) is 0 Å². The Balaban J connectivity index is 2.69. The number of allylic oxidation sites excluding steroid dienone is 1. The Kier molecular flexibility index (Phi) is 1.10. The summed E-state index contributed by atoms with van der Waals surface area (Å²) in [5.74, 6) is 2.09. The molecule has 1 aliphatic rings. The summed E-state index contributed by atoms with van der Waals surface area (Å²) >= 11 is 0. The van der Waals surface area contributed by atoms with Gasteiger partial charge in [-0.1, -0.05) is 11.7 Å². The first-order valence-electron chi connectivity index (χ1n) is 2.50. The highest BCUT2D eigenvalue weighted by Gasteiger charge is 2.04. The van der Waals surface area contributed by atoms with Crippen molar-refractivity contribution in [2.75, 3.05) is 0 Å². The molecule has 0 fully saturated rings. The normalized spacial score (nSPS) is 28.3.